The quantitative estimate of drug-likeness (QED) is 0.582. The van der Waals surface area contributed by atoms with Gasteiger partial charge in [-0.25, -0.2) is 8.42 Å². The van der Waals surface area contributed by atoms with Crippen molar-refractivity contribution < 1.29 is 8.42 Å². The highest BCUT2D eigenvalue weighted by Gasteiger charge is 2.44. The van der Waals surface area contributed by atoms with Gasteiger partial charge in [0.25, 0.3) is 0 Å². The maximum absolute atomic E-state index is 11.3. The minimum Gasteiger partial charge on any atom is -0.356 e. The number of rotatable bonds is 7. The highest BCUT2D eigenvalue weighted by molar-refractivity contribution is 7.90. The number of benzene rings is 1. The van der Waals surface area contributed by atoms with Crippen molar-refractivity contribution in [2.45, 2.75) is 44.6 Å². The number of sulfone groups is 1. The van der Waals surface area contributed by atoms with Gasteiger partial charge in [-0.3, -0.25) is 4.99 Å². The van der Waals surface area contributed by atoms with E-state index in [1.54, 1.807) is 7.05 Å². The Morgan fingerprint density at radius 2 is 2.00 bits per heavy atom. The summed E-state index contributed by atoms with van der Waals surface area (Å²) in [5, 5.41) is 6.70. The number of nitrogens with one attached hydrogen (secondary N) is 2. The fourth-order valence-corrected chi connectivity index (χ4v) is 3.79. The molecule has 1 atom stereocenters. The van der Waals surface area contributed by atoms with Gasteiger partial charge >= 0.3 is 0 Å². The highest BCUT2D eigenvalue weighted by Crippen LogP contribution is 2.48. The van der Waals surface area contributed by atoms with Crippen molar-refractivity contribution in [1.29, 1.82) is 0 Å². The second-order valence-corrected chi connectivity index (χ2v) is 9.24. The van der Waals surface area contributed by atoms with Crippen LogP contribution in [0.3, 0.4) is 0 Å². The number of hydrogen-bond acceptors (Lipinski definition) is 3. The summed E-state index contributed by atoms with van der Waals surface area (Å²) in [6, 6.07) is 8.61. The van der Waals surface area contributed by atoms with E-state index in [0.717, 1.165) is 12.5 Å². The first-order valence-corrected chi connectivity index (χ1v) is 10.5. The fraction of sp³-hybridized carbons (Fsp3) is 0.611. The molecule has 2 rings (SSSR count). The van der Waals surface area contributed by atoms with Crippen molar-refractivity contribution >= 4 is 15.8 Å². The minimum atomic E-state index is -2.93. The Morgan fingerprint density at radius 1 is 1.33 bits per heavy atom. The maximum atomic E-state index is 11.3. The van der Waals surface area contributed by atoms with Gasteiger partial charge in [0.1, 0.15) is 9.84 Å². The van der Waals surface area contributed by atoms with E-state index in [-0.39, 0.29) is 17.2 Å². The van der Waals surface area contributed by atoms with Crippen LogP contribution in [0.5, 0.6) is 0 Å². The third kappa shape index (κ3) is 5.23. The lowest BCUT2D eigenvalue weighted by molar-refractivity contribution is 0.576. The number of aryl methyl sites for hydroxylation is 1. The van der Waals surface area contributed by atoms with Gasteiger partial charge in [-0.1, -0.05) is 24.3 Å². The number of hydrogen-bond donors (Lipinski definition) is 2. The molecule has 0 radical (unpaired) electrons. The van der Waals surface area contributed by atoms with Crippen LogP contribution in [0.25, 0.3) is 0 Å². The zero-order chi connectivity index (χ0) is 17.8. The fourth-order valence-electron chi connectivity index (χ4n) is 3.00. The SMILES string of the molecule is CN=C(NCC1(c2ccccc2C)CC1)NC(C)CCS(C)(=O)=O. The smallest absolute Gasteiger partial charge is 0.191 e. The molecule has 0 spiro atoms. The molecular formula is C18H29N3O2S. The van der Waals surface area contributed by atoms with Gasteiger partial charge in [0.2, 0.25) is 0 Å². The maximum Gasteiger partial charge on any atom is 0.191 e. The second-order valence-electron chi connectivity index (χ2n) is 6.98. The summed E-state index contributed by atoms with van der Waals surface area (Å²) < 4.78 is 22.5. The Morgan fingerprint density at radius 3 is 2.54 bits per heavy atom. The van der Waals surface area contributed by atoms with E-state index >= 15 is 0 Å². The van der Waals surface area contributed by atoms with Gasteiger partial charge in [0.05, 0.1) is 5.75 Å². The first-order valence-electron chi connectivity index (χ1n) is 8.47. The molecule has 134 valence electrons. The molecule has 0 aromatic heterocycles. The molecule has 0 saturated heterocycles. The van der Waals surface area contributed by atoms with Crippen LogP contribution in [0.4, 0.5) is 0 Å². The van der Waals surface area contributed by atoms with Crippen LogP contribution >= 0.6 is 0 Å². The third-order valence-electron chi connectivity index (χ3n) is 4.69. The van der Waals surface area contributed by atoms with Crippen LogP contribution in [0.15, 0.2) is 29.3 Å². The normalized spacial score (nSPS) is 18.1. The van der Waals surface area contributed by atoms with E-state index in [0.29, 0.717) is 6.42 Å². The summed E-state index contributed by atoms with van der Waals surface area (Å²) in [6.07, 6.45) is 4.21. The van der Waals surface area contributed by atoms with Crippen LogP contribution in [0.1, 0.15) is 37.3 Å². The van der Waals surface area contributed by atoms with E-state index in [2.05, 4.69) is 46.8 Å². The molecular weight excluding hydrogens is 322 g/mol. The summed E-state index contributed by atoms with van der Waals surface area (Å²) in [5.74, 6) is 0.918. The Balaban J connectivity index is 1.89. The Hall–Kier alpha value is -1.56. The first kappa shape index (κ1) is 18.8. The summed E-state index contributed by atoms with van der Waals surface area (Å²) in [7, 11) is -1.19. The molecule has 6 heteroatoms. The molecule has 2 N–H and O–H groups in total. The van der Waals surface area contributed by atoms with Crippen molar-refractivity contribution in [2.75, 3.05) is 25.6 Å². The van der Waals surface area contributed by atoms with Crippen molar-refractivity contribution in [3.63, 3.8) is 0 Å². The molecule has 1 aliphatic carbocycles. The average Bonchev–Trinajstić information content (AvgIpc) is 3.30. The lowest BCUT2D eigenvalue weighted by atomic mass is 9.92. The summed E-state index contributed by atoms with van der Waals surface area (Å²) in [6.45, 7) is 4.98. The predicted molar refractivity (Wildman–Crippen MR) is 100 cm³/mol. The molecule has 1 aromatic carbocycles. The van der Waals surface area contributed by atoms with Gasteiger partial charge < -0.3 is 10.6 Å². The van der Waals surface area contributed by atoms with Crippen LogP contribution in [-0.2, 0) is 15.3 Å². The molecule has 1 saturated carbocycles. The Bertz CT molecular complexity index is 694. The van der Waals surface area contributed by atoms with Crippen LogP contribution < -0.4 is 10.6 Å². The molecule has 0 aliphatic heterocycles. The minimum absolute atomic E-state index is 0.0551. The Labute approximate surface area is 145 Å². The van der Waals surface area contributed by atoms with Gasteiger partial charge in [0.15, 0.2) is 5.96 Å². The Kier molecular flexibility index (Phi) is 5.91. The van der Waals surface area contributed by atoms with E-state index in [4.69, 9.17) is 0 Å². The van der Waals surface area contributed by atoms with Crippen molar-refractivity contribution in [1.82, 2.24) is 10.6 Å². The van der Waals surface area contributed by atoms with Crippen LogP contribution in [0, 0.1) is 6.92 Å². The van der Waals surface area contributed by atoms with Crippen LogP contribution in [0.2, 0.25) is 0 Å². The van der Waals surface area contributed by atoms with E-state index in [9.17, 15) is 8.42 Å². The summed E-state index contributed by atoms with van der Waals surface area (Å²) >= 11 is 0. The molecule has 1 aliphatic rings. The topological polar surface area (TPSA) is 70.6 Å². The van der Waals surface area contributed by atoms with E-state index in [1.807, 2.05) is 6.92 Å². The molecule has 24 heavy (non-hydrogen) atoms. The standard InChI is InChI=1S/C18H29N3O2S/c1-14-7-5-6-8-16(14)18(10-11-18)13-20-17(19-3)21-15(2)9-12-24(4,22)23/h5-8,15H,9-13H2,1-4H3,(H2,19,20,21). The van der Waals surface area contributed by atoms with E-state index in [1.165, 1.54) is 30.2 Å². The zero-order valence-electron chi connectivity index (χ0n) is 15.1. The summed E-state index contributed by atoms with van der Waals surface area (Å²) in [5.41, 5.74) is 2.96. The molecule has 1 unspecified atom stereocenters. The second kappa shape index (κ2) is 7.55. The monoisotopic (exact) mass is 351 g/mol. The van der Waals surface area contributed by atoms with E-state index < -0.39 is 9.84 Å². The number of aliphatic imine (C=N–C) groups is 1. The zero-order valence-corrected chi connectivity index (χ0v) is 15.9. The lowest BCUT2D eigenvalue weighted by Crippen LogP contribution is -2.45. The van der Waals surface area contributed by atoms with Gasteiger partial charge in [0, 0.05) is 31.3 Å². The largest absolute Gasteiger partial charge is 0.356 e. The average molecular weight is 352 g/mol. The molecule has 0 bridgehead atoms. The lowest BCUT2D eigenvalue weighted by Gasteiger charge is -2.22. The molecule has 5 nitrogen and oxygen atoms in total. The van der Waals surface area contributed by atoms with Crippen LogP contribution in [-0.4, -0.2) is 46.0 Å². The predicted octanol–water partition coefficient (Wildman–Crippen LogP) is 2.01. The molecule has 1 fully saturated rings. The summed E-state index contributed by atoms with van der Waals surface area (Å²) in [4.78, 5) is 4.26. The molecule has 0 amide bonds. The molecule has 0 heterocycles. The third-order valence-corrected chi connectivity index (χ3v) is 5.67. The van der Waals surface area contributed by atoms with Crippen molar-refractivity contribution in [3.8, 4) is 0 Å². The first-order chi connectivity index (χ1) is 11.3. The van der Waals surface area contributed by atoms with Crippen molar-refractivity contribution in [2.24, 2.45) is 4.99 Å². The van der Waals surface area contributed by atoms with Crippen molar-refractivity contribution in [3.05, 3.63) is 35.4 Å². The molecule has 1 aromatic rings. The number of guanidine groups is 1. The number of nitrogens with zero attached hydrogens (tertiary/aromatic N) is 1. The highest BCUT2D eigenvalue weighted by atomic mass is 32.2. The van der Waals surface area contributed by atoms with Gasteiger partial charge in [-0.2, -0.15) is 0 Å². The van der Waals surface area contributed by atoms with Gasteiger partial charge in [-0.15, -0.1) is 0 Å². The van der Waals surface area contributed by atoms with Gasteiger partial charge in [-0.05, 0) is 44.2 Å².